The van der Waals surface area contributed by atoms with Crippen LogP contribution in [0.1, 0.15) is 12.8 Å². The summed E-state index contributed by atoms with van der Waals surface area (Å²) in [6.07, 6.45) is -1.07. The van der Waals surface area contributed by atoms with Crippen LogP contribution in [0.25, 0.3) is 0 Å². The normalized spacial score (nSPS) is 16.8. The zero-order valence-electron chi connectivity index (χ0n) is 12.8. The topological polar surface area (TPSA) is 125 Å². The van der Waals surface area contributed by atoms with E-state index < -0.39 is 42.8 Å². The standard InChI is InChI=1S/C14H16O9/c1-20-12(17)6-10-8(14(19)22-3)4-7(13(18)21-2)9(23-10)5-11(15)16/h4,9H,5-6H2,1-3H3,(H,15,16). The van der Waals surface area contributed by atoms with Crippen LogP contribution in [0.4, 0.5) is 0 Å². The molecule has 1 unspecified atom stereocenters. The molecule has 0 aromatic heterocycles. The van der Waals surface area contributed by atoms with E-state index in [0.29, 0.717) is 0 Å². The molecule has 0 aromatic carbocycles. The van der Waals surface area contributed by atoms with Crippen molar-refractivity contribution >= 4 is 23.9 Å². The number of methoxy groups -OCH3 is 3. The van der Waals surface area contributed by atoms with E-state index in [0.717, 1.165) is 27.4 Å². The van der Waals surface area contributed by atoms with E-state index in [9.17, 15) is 19.2 Å². The van der Waals surface area contributed by atoms with Crippen molar-refractivity contribution in [3.05, 3.63) is 23.0 Å². The quantitative estimate of drug-likeness (QED) is 0.527. The SMILES string of the molecule is COC(=O)CC1=C(C(=O)OC)C=C(C(=O)OC)C(CC(=O)O)O1. The van der Waals surface area contributed by atoms with E-state index in [2.05, 4.69) is 14.2 Å². The van der Waals surface area contributed by atoms with Gasteiger partial charge in [-0.05, 0) is 6.08 Å². The van der Waals surface area contributed by atoms with E-state index in [1.54, 1.807) is 0 Å². The summed E-state index contributed by atoms with van der Waals surface area (Å²) < 4.78 is 19.0. The highest BCUT2D eigenvalue weighted by molar-refractivity contribution is 5.99. The largest absolute Gasteiger partial charge is 0.488 e. The van der Waals surface area contributed by atoms with E-state index in [-0.39, 0.29) is 16.9 Å². The van der Waals surface area contributed by atoms with Crippen LogP contribution < -0.4 is 0 Å². The molecule has 9 nitrogen and oxygen atoms in total. The molecule has 126 valence electrons. The first kappa shape index (κ1) is 18.2. The van der Waals surface area contributed by atoms with Crippen molar-refractivity contribution in [1.29, 1.82) is 0 Å². The molecule has 1 rings (SSSR count). The van der Waals surface area contributed by atoms with E-state index in [4.69, 9.17) is 9.84 Å². The van der Waals surface area contributed by atoms with Gasteiger partial charge in [0.15, 0.2) is 0 Å². The van der Waals surface area contributed by atoms with Crippen molar-refractivity contribution < 1.29 is 43.2 Å². The number of rotatable bonds is 6. The summed E-state index contributed by atoms with van der Waals surface area (Å²) in [6.45, 7) is 0. The van der Waals surface area contributed by atoms with Gasteiger partial charge in [0.05, 0.1) is 38.9 Å². The van der Waals surface area contributed by atoms with Crippen LogP contribution in [0.3, 0.4) is 0 Å². The van der Waals surface area contributed by atoms with Gasteiger partial charge in [-0.2, -0.15) is 0 Å². The van der Waals surface area contributed by atoms with Crippen molar-refractivity contribution in [1.82, 2.24) is 0 Å². The maximum absolute atomic E-state index is 11.8. The Morgan fingerprint density at radius 2 is 1.70 bits per heavy atom. The van der Waals surface area contributed by atoms with Gasteiger partial charge < -0.3 is 24.1 Å². The number of hydrogen-bond acceptors (Lipinski definition) is 8. The van der Waals surface area contributed by atoms with Crippen LogP contribution in [-0.4, -0.2) is 56.4 Å². The summed E-state index contributed by atoms with van der Waals surface area (Å²) in [5.41, 5.74) is -0.344. The Morgan fingerprint density at radius 3 is 2.17 bits per heavy atom. The fourth-order valence-corrected chi connectivity index (χ4v) is 1.87. The number of ether oxygens (including phenoxy) is 4. The Bertz CT molecular complexity index is 585. The first-order valence-electron chi connectivity index (χ1n) is 6.40. The van der Waals surface area contributed by atoms with Crippen LogP contribution >= 0.6 is 0 Å². The second-order valence-electron chi connectivity index (χ2n) is 4.38. The highest BCUT2D eigenvalue weighted by Gasteiger charge is 2.34. The van der Waals surface area contributed by atoms with Gasteiger partial charge in [0.1, 0.15) is 18.3 Å². The fourth-order valence-electron chi connectivity index (χ4n) is 1.87. The Morgan fingerprint density at radius 1 is 1.09 bits per heavy atom. The van der Waals surface area contributed by atoms with Crippen molar-refractivity contribution in [3.8, 4) is 0 Å². The molecule has 0 saturated heterocycles. The van der Waals surface area contributed by atoms with Gasteiger partial charge in [0.25, 0.3) is 0 Å². The summed E-state index contributed by atoms with van der Waals surface area (Å²) in [5, 5.41) is 8.91. The molecular weight excluding hydrogens is 312 g/mol. The summed E-state index contributed by atoms with van der Waals surface area (Å²) in [5.74, 6) is -3.77. The van der Waals surface area contributed by atoms with Gasteiger partial charge >= 0.3 is 23.9 Å². The minimum atomic E-state index is -1.23. The van der Waals surface area contributed by atoms with E-state index in [1.165, 1.54) is 0 Å². The second-order valence-corrected chi connectivity index (χ2v) is 4.38. The molecule has 0 bridgehead atoms. The van der Waals surface area contributed by atoms with Crippen LogP contribution in [0.15, 0.2) is 23.0 Å². The third-order valence-corrected chi connectivity index (χ3v) is 2.95. The third kappa shape index (κ3) is 4.56. The Kier molecular flexibility index (Phi) is 6.31. The van der Waals surface area contributed by atoms with E-state index >= 15 is 0 Å². The van der Waals surface area contributed by atoms with Gasteiger partial charge in [-0.25, -0.2) is 9.59 Å². The molecule has 0 amide bonds. The van der Waals surface area contributed by atoms with Crippen LogP contribution in [0.5, 0.6) is 0 Å². The van der Waals surface area contributed by atoms with Gasteiger partial charge in [-0.1, -0.05) is 0 Å². The van der Waals surface area contributed by atoms with Gasteiger partial charge in [-0.3, -0.25) is 9.59 Å². The smallest absolute Gasteiger partial charge is 0.341 e. The molecule has 9 heteroatoms. The lowest BCUT2D eigenvalue weighted by atomic mass is 9.98. The molecule has 0 fully saturated rings. The molecule has 0 saturated carbocycles. The zero-order chi connectivity index (χ0) is 17.6. The fraction of sp³-hybridized carbons (Fsp3) is 0.429. The lowest BCUT2D eigenvalue weighted by Crippen LogP contribution is -2.30. The summed E-state index contributed by atoms with van der Waals surface area (Å²) in [7, 11) is 3.36. The number of aliphatic carboxylic acids is 1. The molecule has 0 radical (unpaired) electrons. The minimum Gasteiger partial charge on any atom is -0.488 e. The molecule has 0 aromatic rings. The number of hydrogen-bond donors (Lipinski definition) is 1. The second kappa shape index (κ2) is 7.97. The number of carbonyl (C=O) groups is 4. The summed E-state index contributed by atoms with van der Waals surface area (Å²) in [6, 6.07) is 0. The van der Waals surface area contributed by atoms with Crippen LogP contribution in [0.2, 0.25) is 0 Å². The molecule has 1 heterocycles. The summed E-state index contributed by atoms with van der Waals surface area (Å²) >= 11 is 0. The highest BCUT2D eigenvalue weighted by Crippen LogP contribution is 2.29. The molecular formula is C14H16O9. The predicted octanol–water partition coefficient (Wildman–Crippen LogP) is -0.0505. The molecule has 0 aliphatic carbocycles. The van der Waals surface area contributed by atoms with Gasteiger partial charge in [0, 0.05) is 0 Å². The lowest BCUT2D eigenvalue weighted by molar-refractivity contribution is -0.141. The molecule has 1 aliphatic rings. The highest BCUT2D eigenvalue weighted by atomic mass is 16.5. The minimum absolute atomic E-state index is 0.136. The molecule has 1 N–H and O–H groups in total. The maximum Gasteiger partial charge on any atom is 0.341 e. The van der Waals surface area contributed by atoms with Crippen LogP contribution in [-0.2, 0) is 38.1 Å². The van der Waals surface area contributed by atoms with Gasteiger partial charge in [0.2, 0.25) is 0 Å². The summed E-state index contributed by atoms with van der Waals surface area (Å²) in [4.78, 5) is 45.9. The first-order chi connectivity index (χ1) is 10.8. The molecule has 23 heavy (non-hydrogen) atoms. The monoisotopic (exact) mass is 328 g/mol. The zero-order valence-corrected chi connectivity index (χ0v) is 12.8. The number of carboxylic acid groups (broad SMARTS) is 1. The maximum atomic E-state index is 11.8. The van der Waals surface area contributed by atoms with Crippen molar-refractivity contribution in [2.45, 2.75) is 18.9 Å². The molecule has 1 atom stereocenters. The van der Waals surface area contributed by atoms with Crippen molar-refractivity contribution in [2.75, 3.05) is 21.3 Å². The van der Waals surface area contributed by atoms with E-state index in [1.807, 2.05) is 0 Å². The Hall–Kier alpha value is -2.84. The third-order valence-electron chi connectivity index (χ3n) is 2.95. The molecule has 0 spiro atoms. The van der Waals surface area contributed by atoms with Crippen LogP contribution in [0, 0.1) is 0 Å². The Labute approximate surface area is 131 Å². The predicted molar refractivity (Wildman–Crippen MR) is 72.9 cm³/mol. The first-order valence-corrected chi connectivity index (χ1v) is 6.40. The Balaban J connectivity index is 3.32. The van der Waals surface area contributed by atoms with Crippen molar-refractivity contribution in [2.24, 2.45) is 0 Å². The van der Waals surface area contributed by atoms with Crippen molar-refractivity contribution in [3.63, 3.8) is 0 Å². The number of carboxylic acids is 1. The lowest BCUT2D eigenvalue weighted by Gasteiger charge is -2.26. The number of esters is 3. The van der Waals surface area contributed by atoms with Gasteiger partial charge in [-0.15, -0.1) is 0 Å². The average Bonchev–Trinajstić information content (AvgIpc) is 2.52. The average molecular weight is 328 g/mol. The molecule has 1 aliphatic heterocycles. The number of carbonyl (C=O) groups excluding carboxylic acids is 3.